The zero-order valence-electron chi connectivity index (χ0n) is 7.59. The van der Waals surface area contributed by atoms with Gasteiger partial charge in [-0.1, -0.05) is 35.3 Å². The maximum atomic E-state index is 6.10. The Kier molecular flexibility index (Phi) is 3.29. The van der Waals surface area contributed by atoms with Crippen molar-refractivity contribution < 1.29 is 4.74 Å². The van der Waals surface area contributed by atoms with Gasteiger partial charge in [-0.25, -0.2) is 0 Å². The summed E-state index contributed by atoms with van der Waals surface area (Å²) in [5.41, 5.74) is 1.01. The van der Waals surface area contributed by atoms with E-state index in [4.69, 9.17) is 27.9 Å². The van der Waals surface area contributed by atoms with Crippen molar-refractivity contribution in [2.45, 2.75) is 6.04 Å². The monoisotopic (exact) mass is 231 g/mol. The minimum atomic E-state index is 0.162. The fraction of sp³-hybridized carbons (Fsp3) is 0.400. The van der Waals surface area contributed by atoms with Crippen molar-refractivity contribution >= 4 is 23.2 Å². The van der Waals surface area contributed by atoms with Crippen molar-refractivity contribution in [3.05, 3.63) is 33.8 Å². The number of halogens is 2. The molecule has 0 unspecified atom stereocenters. The van der Waals surface area contributed by atoms with Crippen LogP contribution in [-0.2, 0) is 4.74 Å². The lowest BCUT2D eigenvalue weighted by Gasteiger charge is -2.25. The van der Waals surface area contributed by atoms with E-state index in [0.29, 0.717) is 16.7 Å². The van der Waals surface area contributed by atoms with Crippen LogP contribution in [0.4, 0.5) is 0 Å². The molecular formula is C10H11Cl2NO. The van der Waals surface area contributed by atoms with E-state index in [-0.39, 0.29) is 6.04 Å². The van der Waals surface area contributed by atoms with Gasteiger partial charge in [-0.2, -0.15) is 0 Å². The van der Waals surface area contributed by atoms with Crippen LogP contribution in [0.2, 0.25) is 10.0 Å². The number of benzene rings is 1. The highest BCUT2D eigenvalue weighted by molar-refractivity contribution is 6.42. The second-order valence-corrected chi connectivity index (χ2v) is 4.01. The first-order valence-electron chi connectivity index (χ1n) is 4.54. The lowest BCUT2D eigenvalue weighted by Crippen LogP contribution is -2.34. The van der Waals surface area contributed by atoms with Gasteiger partial charge in [-0.05, 0) is 11.6 Å². The molecule has 1 aliphatic rings. The van der Waals surface area contributed by atoms with Gasteiger partial charge in [-0.3, -0.25) is 0 Å². The fourth-order valence-electron chi connectivity index (χ4n) is 1.55. The lowest BCUT2D eigenvalue weighted by atomic mass is 10.1. The van der Waals surface area contributed by atoms with Crippen molar-refractivity contribution in [2.24, 2.45) is 0 Å². The summed E-state index contributed by atoms with van der Waals surface area (Å²) in [6, 6.07) is 5.83. The molecule has 1 N–H and O–H groups in total. The Morgan fingerprint density at radius 3 is 2.93 bits per heavy atom. The Hall–Kier alpha value is -0.280. The smallest absolute Gasteiger partial charge is 0.0662 e. The third-order valence-corrected chi connectivity index (χ3v) is 3.11. The Morgan fingerprint density at radius 1 is 1.36 bits per heavy atom. The average Bonchev–Trinajstić information content (AvgIpc) is 2.23. The molecule has 0 saturated carbocycles. The molecule has 2 nitrogen and oxygen atoms in total. The lowest BCUT2D eigenvalue weighted by molar-refractivity contribution is 0.0769. The van der Waals surface area contributed by atoms with Gasteiger partial charge in [0.15, 0.2) is 0 Å². The third kappa shape index (κ3) is 2.04. The van der Waals surface area contributed by atoms with Crippen molar-refractivity contribution in [3.63, 3.8) is 0 Å². The zero-order chi connectivity index (χ0) is 9.97. The predicted molar refractivity (Wildman–Crippen MR) is 58.0 cm³/mol. The minimum absolute atomic E-state index is 0.162. The first-order valence-corrected chi connectivity index (χ1v) is 5.29. The van der Waals surface area contributed by atoms with Crippen LogP contribution in [0.1, 0.15) is 11.6 Å². The summed E-state index contributed by atoms with van der Waals surface area (Å²) in [5, 5.41) is 4.55. The highest BCUT2D eigenvalue weighted by Gasteiger charge is 2.18. The van der Waals surface area contributed by atoms with E-state index in [1.165, 1.54) is 0 Å². The van der Waals surface area contributed by atoms with Crippen LogP contribution in [0, 0.1) is 0 Å². The number of hydrogen-bond donors (Lipinski definition) is 1. The molecule has 1 aromatic rings. The van der Waals surface area contributed by atoms with E-state index in [1.54, 1.807) is 6.07 Å². The van der Waals surface area contributed by atoms with Gasteiger partial charge in [0.2, 0.25) is 0 Å². The van der Waals surface area contributed by atoms with Gasteiger partial charge in [-0.15, -0.1) is 0 Å². The molecule has 2 rings (SSSR count). The SMILES string of the molecule is Clc1cccc([C@@H]2COCCN2)c1Cl. The number of rotatable bonds is 1. The van der Waals surface area contributed by atoms with Crippen molar-refractivity contribution in [3.8, 4) is 0 Å². The molecule has 4 heteroatoms. The van der Waals surface area contributed by atoms with Gasteiger partial charge in [0.05, 0.1) is 29.3 Å². The molecule has 1 saturated heterocycles. The summed E-state index contributed by atoms with van der Waals surface area (Å²) in [7, 11) is 0. The maximum Gasteiger partial charge on any atom is 0.0662 e. The topological polar surface area (TPSA) is 21.3 Å². The van der Waals surface area contributed by atoms with Crippen LogP contribution < -0.4 is 5.32 Å². The molecule has 14 heavy (non-hydrogen) atoms. The van der Waals surface area contributed by atoms with E-state index in [9.17, 15) is 0 Å². The average molecular weight is 232 g/mol. The highest BCUT2D eigenvalue weighted by atomic mass is 35.5. The predicted octanol–water partition coefficient (Wildman–Crippen LogP) is 2.65. The second-order valence-electron chi connectivity index (χ2n) is 3.22. The Labute approximate surface area is 93.2 Å². The molecule has 1 aliphatic heterocycles. The van der Waals surface area contributed by atoms with Crippen molar-refractivity contribution in [1.29, 1.82) is 0 Å². The van der Waals surface area contributed by atoms with Gasteiger partial charge in [0.25, 0.3) is 0 Å². The molecule has 0 spiro atoms. The van der Waals surface area contributed by atoms with Crippen molar-refractivity contribution in [1.82, 2.24) is 5.32 Å². The number of nitrogens with one attached hydrogen (secondary N) is 1. The van der Waals surface area contributed by atoms with Crippen LogP contribution in [0.5, 0.6) is 0 Å². The van der Waals surface area contributed by atoms with E-state index in [1.807, 2.05) is 12.1 Å². The minimum Gasteiger partial charge on any atom is -0.378 e. The van der Waals surface area contributed by atoms with Gasteiger partial charge >= 0.3 is 0 Å². The van der Waals surface area contributed by atoms with Crippen LogP contribution >= 0.6 is 23.2 Å². The van der Waals surface area contributed by atoms with E-state index in [0.717, 1.165) is 18.7 Å². The fourth-order valence-corrected chi connectivity index (χ4v) is 1.99. The third-order valence-electron chi connectivity index (χ3n) is 2.28. The number of morpholine rings is 1. The number of hydrogen-bond acceptors (Lipinski definition) is 2. The molecule has 1 atom stereocenters. The summed E-state index contributed by atoms with van der Waals surface area (Å²) in [6.45, 7) is 2.27. The Morgan fingerprint density at radius 2 is 2.21 bits per heavy atom. The molecule has 0 radical (unpaired) electrons. The molecule has 1 heterocycles. The molecule has 0 aromatic heterocycles. The first kappa shape index (κ1) is 10.2. The van der Waals surface area contributed by atoms with E-state index >= 15 is 0 Å². The van der Waals surface area contributed by atoms with E-state index < -0.39 is 0 Å². The van der Waals surface area contributed by atoms with Gasteiger partial charge in [0, 0.05) is 6.54 Å². The van der Waals surface area contributed by atoms with Gasteiger partial charge < -0.3 is 10.1 Å². The Bertz CT molecular complexity index is 324. The summed E-state index contributed by atoms with van der Waals surface area (Å²) in [6.07, 6.45) is 0. The second kappa shape index (κ2) is 4.49. The van der Waals surface area contributed by atoms with Crippen LogP contribution in [0.3, 0.4) is 0 Å². The summed E-state index contributed by atoms with van der Waals surface area (Å²) in [5.74, 6) is 0. The molecule has 0 aliphatic carbocycles. The molecule has 0 amide bonds. The summed E-state index contributed by atoms with van der Waals surface area (Å²) < 4.78 is 5.37. The maximum absolute atomic E-state index is 6.10. The van der Waals surface area contributed by atoms with Gasteiger partial charge in [0.1, 0.15) is 0 Å². The van der Waals surface area contributed by atoms with Crippen LogP contribution in [-0.4, -0.2) is 19.8 Å². The zero-order valence-corrected chi connectivity index (χ0v) is 9.11. The molecular weight excluding hydrogens is 221 g/mol. The van der Waals surface area contributed by atoms with Crippen LogP contribution in [0.25, 0.3) is 0 Å². The van der Waals surface area contributed by atoms with E-state index in [2.05, 4.69) is 5.32 Å². The Balaban J connectivity index is 2.26. The number of ether oxygens (including phenoxy) is 1. The van der Waals surface area contributed by atoms with Crippen molar-refractivity contribution in [2.75, 3.05) is 19.8 Å². The summed E-state index contributed by atoms with van der Waals surface area (Å²) >= 11 is 12.0. The normalized spacial score (nSPS) is 22.3. The largest absolute Gasteiger partial charge is 0.378 e. The van der Waals surface area contributed by atoms with Crippen LogP contribution in [0.15, 0.2) is 18.2 Å². The highest BCUT2D eigenvalue weighted by Crippen LogP contribution is 2.30. The summed E-state index contributed by atoms with van der Waals surface area (Å²) in [4.78, 5) is 0. The molecule has 1 fully saturated rings. The molecule has 76 valence electrons. The quantitative estimate of drug-likeness (QED) is 0.803. The molecule has 1 aromatic carbocycles. The first-order chi connectivity index (χ1) is 6.79. The standard InChI is InChI=1S/C10H11Cl2NO/c11-8-3-1-2-7(10(8)12)9-6-14-5-4-13-9/h1-3,9,13H,4-6H2/t9-/m0/s1. The molecule has 0 bridgehead atoms.